The fourth-order valence-electron chi connectivity index (χ4n) is 1.86. The maximum Gasteiger partial charge on any atom is 0.0794 e. The molecule has 3 heteroatoms. The molecule has 2 heterocycles. The van der Waals surface area contributed by atoms with Crippen molar-refractivity contribution in [1.29, 1.82) is 0 Å². The van der Waals surface area contributed by atoms with Crippen molar-refractivity contribution in [2.75, 3.05) is 13.1 Å². The molecule has 1 aromatic heterocycles. The van der Waals surface area contributed by atoms with Crippen LogP contribution in [0.3, 0.4) is 0 Å². The third-order valence-electron chi connectivity index (χ3n) is 3.19. The van der Waals surface area contributed by atoms with Crippen LogP contribution < -0.4 is 5.32 Å². The fourth-order valence-corrected chi connectivity index (χ4v) is 2.61. The van der Waals surface area contributed by atoms with E-state index in [2.05, 4.69) is 24.1 Å². The van der Waals surface area contributed by atoms with E-state index >= 15 is 0 Å². The van der Waals surface area contributed by atoms with Crippen molar-refractivity contribution in [3.05, 3.63) is 16.6 Å². The zero-order valence-electron chi connectivity index (χ0n) is 8.21. The van der Waals surface area contributed by atoms with Crippen LogP contribution in [0.2, 0.25) is 0 Å². The topological polar surface area (TPSA) is 24.9 Å². The first-order valence-corrected chi connectivity index (χ1v) is 5.69. The van der Waals surface area contributed by atoms with E-state index < -0.39 is 0 Å². The average Bonchev–Trinajstić information content (AvgIpc) is 2.47. The molecular formula is C10H16N2S. The molecule has 1 N–H and O–H groups in total. The average molecular weight is 196 g/mol. The van der Waals surface area contributed by atoms with E-state index in [1.165, 1.54) is 24.4 Å². The van der Waals surface area contributed by atoms with Crippen molar-refractivity contribution in [2.45, 2.75) is 20.3 Å². The molecule has 0 amide bonds. The number of nitrogens with one attached hydrogen (secondary N) is 1. The predicted molar refractivity (Wildman–Crippen MR) is 56.0 cm³/mol. The standard InChI is InChI=1S/C10H16N2S/c1-8(2)10(5-12-6-10)3-9-4-11-7-13-9/h4,7-8,12H,3,5-6H2,1-2H3. The Hall–Kier alpha value is -0.410. The van der Waals surface area contributed by atoms with Crippen LogP contribution in [0.5, 0.6) is 0 Å². The molecule has 0 unspecified atom stereocenters. The molecule has 0 aliphatic carbocycles. The third kappa shape index (κ3) is 1.63. The van der Waals surface area contributed by atoms with Crippen LogP contribution in [0.4, 0.5) is 0 Å². The number of thiazole rings is 1. The Morgan fingerprint density at radius 1 is 1.62 bits per heavy atom. The largest absolute Gasteiger partial charge is 0.315 e. The molecule has 0 spiro atoms. The minimum Gasteiger partial charge on any atom is -0.315 e. The van der Waals surface area contributed by atoms with Gasteiger partial charge in [-0.1, -0.05) is 13.8 Å². The first kappa shape index (κ1) is 9.16. The summed E-state index contributed by atoms with van der Waals surface area (Å²) in [7, 11) is 0. The van der Waals surface area contributed by atoms with E-state index in [1.807, 2.05) is 11.7 Å². The lowest BCUT2D eigenvalue weighted by molar-refractivity contribution is 0.100. The Morgan fingerprint density at radius 2 is 2.38 bits per heavy atom. The number of hydrogen-bond acceptors (Lipinski definition) is 3. The Bertz CT molecular complexity index is 262. The van der Waals surface area contributed by atoms with Crippen molar-refractivity contribution in [2.24, 2.45) is 11.3 Å². The van der Waals surface area contributed by atoms with Gasteiger partial charge in [-0.25, -0.2) is 0 Å². The summed E-state index contributed by atoms with van der Waals surface area (Å²) in [6.45, 7) is 6.98. The molecule has 1 aliphatic rings. The molecule has 0 bridgehead atoms. The van der Waals surface area contributed by atoms with Gasteiger partial charge in [-0.05, 0) is 12.3 Å². The molecule has 2 rings (SSSR count). The van der Waals surface area contributed by atoms with Gasteiger partial charge in [-0.15, -0.1) is 11.3 Å². The highest BCUT2D eigenvalue weighted by molar-refractivity contribution is 7.09. The molecule has 1 aromatic rings. The highest BCUT2D eigenvalue weighted by atomic mass is 32.1. The lowest BCUT2D eigenvalue weighted by Crippen LogP contribution is -2.57. The van der Waals surface area contributed by atoms with E-state index in [4.69, 9.17) is 0 Å². The smallest absolute Gasteiger partial charge is 0.0794 e. The summed E-state index contributed by atoms with van der Waals surface area (Å²) >= 11 is 1.78. The molecule has 0 atom stereocenters. The SMILES string of the molecule is CC(C)C1(Cc2cncs2)CNC1. The Balaban J connectivity index is 2.07. The van der Waals surface area contributed by atoms with Gasteiger partial charge in [0.1, 0.15) is 0 Å². The molecule has 0 radical (unpaired) electrons. The summed E-state index contributed by atoms with van der Waals surface area (Å²) in [5.74, 6) is 0.760. The van der Waals surface area contributed by atoms with Gasteiger partial charge in [0.25, 0.3) is 0 Å². The molecule has 13 heavy (non-hydrogen) atoms. The summed E-state index contributed by atoms with van der Waals surface area (Å²) in [4.78, 5) is 5.55. The molecule has 1 aliphatic heterocycles. The van der Waals surface area contributed by atoms with Gasteiger partial charge in [0.05, 0.1) is 5.51 Å². The quantitative estimate of drug-likeness (QED) is 0.799. The van der Waals surface area contributed by atoms with E-state index in [0.29, 0.717) is 5.41 Å². The Morgan fingerprint density at radius 3 is 2.77 bits per heavy atom. The molecule has 1 fully saturated rings. The second kappa shape index (κ2) is 3.39. The van der Waals surface area contributed by atoms with Crippen LogP contribution in [0.25, 0.3) is 0 Å². The molecule has 72 valence electrons. The maximum absolute atomic E-state index is 4.12. The number of rotatable bonds is 3. The summed E-state index contributed by atoms with van der Waals surface area (Å²) in [6.07, 6.45) is 3.20. The third-order valence-corrected chi connectivity index (χ3v) is 3.97. The second-order valence-corrected chi connectivity index (χ2v) is 5.24. The molecule has 1 saturated heterocycles. The first-order chi connectivity index (χ1) is 6.23. The highest BCUT2D eigenvalue weighted by Crippen LogP contribution is 2.36. The zero-order valence-corrected chi connectivity index (χ0v) is 9.03. The van der Waals surface area contributed by atoms with Gasteiger partial charge < -0.3 is 5.32 Å². The predicted octanol–water partition coefficient (Wildman–Crippen LogP) is 1.93. The van der Waals surface area contributed by atoms with E-state index in [-0.39, 0.29) is 0 Å². The monoisotopic (exact) mass is 196 g/mol. The van der Waals surface area contributed by atoms with Crippen molar-refractivity contribution in [3.63, 3.8) is 0 Å². The van der Waals surface area contributed by atoms with Crippen LogP contribution in [-0.2, 0) is 6.42 Å². The number of hydrogen-bond donors (Lipinski definition) is 1. The normalized spacial score (nSPS) is 20.2. The molecule has 0 aromatic carbocycles. The molecule has 2 nitrogen and oxygen atoms in total. The summed E-state index contributed by atoms with van der Waals surface area (Å²) in [6, 6.07) is 0. The van der Waals surface area contributed by atoms with Gasteiger partial charge >= 0.3 is 0 Å². The lowest BCUT2D eigenvalue weighted by Gasteiger charge is -2.46. The summed E-state index contributed by atoms with van der Waals surface area (Å²) in [5, 5.41) is 3.38. The Labute approximate surface area is 83.4 Å². The number of aromatic nitrogens is 1. The molecular weight excluding hydrogens is 180 g/mol. The van der Waals surface area contributed by atoms with Gasteiger partial charge in [-0.2, -0.15) is 0 Å². The molecule has 0 saturated carbocycles. The van der Waals surface area contributed by atoms with Crippen LogP contribution in [-0.4, -0.2) is 18.1 Å². The first-order valence-electron chi connectivity index (χ1n) is 4.81. The summed E-state index contributed by atoms with van der Waals surface area (Å²) in [5.41, 5.74) is 2.43. The second-order valence-electron chi connectivity index (χ2n) is 4.27. The van der Waals surface area contributed by atoms with Crippen LogP contribution >= 0.6 is 11.3 Å². The highest BCUT2D eigenvalue weighted by Gasteiger charge is 2.39. The summed E-state index contributed by atoms with van der Waals surface area (Å²) < 4.78 is 0. The van der Waals surface area contributed by atoms with Crippen molar-refractivity contribution < 1.29 is 0 Å². The van der Waals surface area contributed by atoms with Crippen LogP contribution in [0.15, 0.2) is 11.7 Å². The van der Waals surface area contributed by atoms with Crippen molar-refractivity contribution in [3.8, 4) is 0 Å². The maximum atomic E-state index is 4.12. The van der Waals surface area contributed by atoms with Gasteiger partial charge in [0.15, 0.2) is 0 Å². The van der Waals surface area contributed by atoms with Gasteiger partial charge in [-0.3, -0.25) is 4.98 Å². The number of nitrogens with zero attached hydrogens (tertiary/aromatic N) is 1. The zero-order chi connectivity index (χ0) is 9.31. The minimum atomic E-state index is 0.506. The lowest BCUT2D eigenvalue weighted by atomic mass is 9.69. The van der Waals surface area contributed by atoms with Crippen LogP contribution in [0.1, 0.15) is 18.7 Å². The minimum absolute atomic E-state index is 0.506. The van der Waals surface area contributed by atoms with Gasteiger partial charge in [0.2, 0.25) is 0 Å². The Kier molecular flexibility index (Phi) is 2.39. The fraction of sp³-hybridized carbons (Fsp3) is 0.700. The van der Waals surface area contributed by atoms with Gasteiger partial charge in [0, 0.05) is 29.6 Å². The van der Waals surface area contributed by atoms with E-state index in [9.17, 15) is 0 Å². The van der Waals surface area contributed by atoms with Crippen molar-refractivity contribution in [1.82, 2.24) is 10.3 Å². The van der Waals surface area contributed by atoms with Crippen LogP contribution in [0, 0.1) is 11.3 Å². The van der Waals surface area contributed by atoms with E-state index in [1.54, 1.807) is 11.3 Å². The van der Waals surface area contributed by atoms with E-state index in [0.717, 1.165) is 5.92 Å². The van der Waals surface area contributed by atoms with Crippen molar-refractivity contribution >= 4 is 11.3 Å².